The molecule has 0 aliphatic heterocycles. The largest absolute Gasteiger partial charge is 0.356 e. The molecule has 5 rings (SSSR count). The number of hydrogen-bond acceptors (Lipinski definition) is 3. The van der Waals surface area contributed by atoms with Crippen molar-refractivity contribution >= 4 is 17.7 Å². The van der Waals surface area contributed by atoms with Gasteiger partial charge in [0.1, 0.15) is 0 Å². The fraction of sp³-hybridized carbons (Fsp3) is 0.591. The number of carbonyl (C=O) groups is 3. The number of nitrogens with one attached hydrogen (secondary N) is 3. The molecular weight excluding hydrogens is 354 g/mol. The molecule has 0 spiro atoms. The molecule has 4 bridgehead atoms. The van der Waals surface area contributed by atoms with Gasteiger partial charge in [-0.3, -0.25) is 25.2 Å². The second-order valence-electron chi connectivity index (χ2n) is 8.93. The average molecular weight is 383 g/mol. The fourth-order valence-corrected chi connectivity index (χ4v) is 5.88. The van der Waals surface area contributed by atoms with Crippen molar-refractivity contribution in [2.45, 2.75) is 51.4 Å². The van der Waals surface area contributed by atoms with Crippen molar-refractivity contribution in [2.75, 3.05) is 6.54 Å². The molecule has 6 heteroatoms. The summed E-state index contributed by atoms with van der Waals surface area (Å²) < 4.78 is 0. The van der Waals surface area contributed by atoms with Crippen LogP contribution in [0.25, 0.3) is 0 Å². The third-order valence-electron chi connectivity index (χ3n) is 6.74. The minimum Gasteiger partial charge on any atom is -0.356 e. The van der Waals surface area contributed by atoms with Gasteiger partial charge in [0.15, 0.2) is 0 Å². The highest BCUT2D eigenvalue weighted by atomic mass is 16.2. The van der Waals surface area contributed by atoms with Gasteiger partial charge in [-0.1, -0.05) is 18.2 Å². The van der Waals surface area contributed by atoms with Gasteiger partial charge >= 0.3 is 0 Å². The van der Waals surface area contributed by atoms with Gasteiger partial charge in [0.25, 0.3) is 5.91 Å². The van der Waals surface area contributed by atoms with Crippen molar-refractivity contribution in [1.29, 1.82) is 0 Å². The van der Waals surface area contributed by atoms with Gasteiger partial charge in [-0.2, -0.15) is 0 Å². The van der Waals surface area contributed by atoms with Crippen LogP contribution in [-0.4, -0.2) is 24.3 Å². The third-order valence-corrected chi connectivity index (χ3v) is 6.74. The second-order valence-corrected chi connectivity index (χ2v) is 8.93. The van der Waals surface area contributed by atoms with Crippen LogP contribution in [0.3, 0.4) is 0 Å². The summed E-state index contributed by atoms with van der Waals surface area (Å²) in [5, 5.41) is 3.08. The first-order valence-electron chi connectivity index (χ1n) is 10.5. The van der Waals surface area contributed by atoms with Gasteiger partial charge in [0.2, 0.25) is 11.8 Å². The number of hydrogen-bond donors (Lipinski definition) is 3. The van der Waals surface area contributed by atoms with Gasteiger partial charge in [-0.15, -0.1) is 0 Å². The van der Waals surface area contributed by atoms with Crippen molar-refractivity contribution in [3.05, 3.63) is 35.9 Å². The van der Waals surface area contributed by atoms with Crippen LogP contribution in [0.2, 0.25) is 0 Å². The Hall–Kier alpha value is -2.37. The van der Waals surface area contributed by atoms with Crippen LogP contribution in [-0.2, 0) is 9.59 Å². The van der Waals surface area contributed by atoms with E-state index in [1.807, 2.05) is 6.07 Å². The lowest BCUT2D eigenvalue weighted by molar-refractivity contribution is -0.146. The van der Waals surface area contributed by atoms with Gasteiger partial charge in [-0.05, 0) is 74.8 Å². The summed E-state index contributed by atoms with van der Waals surface area (Å²) in [6.45, 7) is 0.501. The van der Waals surface area contributed by atoms with Crippen LogP contribution >= 0.6 is 0 Å². The molecule has 0 atom stereocenters. The lowest BCUT2D eigenvalue weighted by atomic mass is 9.49. The van der Waals surface area contributed by atoms with Crippen molar-refractivity contribution in [1.82, 2.24) is 16.2 Å². The number of carbonyl (C=O) groups excluding carboxylic acids is 3. The zero-order valence-corrected chi connectivity index (χ0v) is 16.2. The highest BCUT2D eigenvalue weighted by molar-refractivity contribution is 5.95. The molecule has 0 aromatic heterocycles. The number of amides is 3. The Labute approximate surface area is 165 Å². The molecule has 4 fully saturated rings. The third kappa shape index (κ3) is 4.05. The molecular formula is C22H29N3O3. The van der Waals surface area contributed by atoms with E-state index in [0.29, 0.717) is 18.5 Å². The van der Waals surface area contributed by atoms with Crippen LogP contribution in [0, 0.1) is 23.2 Å². The Bertz CT molecular complexity index is 711. The predicted molar refractivity (Wildman–Crippen MR) is 105 cm³/mol. The maximum atomic E-state index is 12.8. The van der Waals surface area contributed by atoms with E-state index in [2.05, 4.69) is 16.2 Å². The van der Waals surface area contributed by atoms with Crippen molar-refractivity contribution in [2.24, 2.45) is 23.2 Å². The first-order valence-corrected chi connectivity index (χ1v) is 10.5. The summed E-state index contributed by atoms with van der Waals surface area (Å²) in [5.74, 6) is 1.84. The Morgan fingerprint density at radius 1 is 0.893 bits per heavy atom. The van der Waals surface area contributed by atoms with Crippen LogP contribution < -0.4 is 16.2 Å². The minimum absolute atomic E-state index is 0.138. The molecule has 150 valence electrons. The standard InChI is InChI=1S/C22H29N3O3/c26-19(24-25-20(27)18-5-2-1-3-6-18)7-4-8-23-21(28)22-12-15-9-16(13-22)11-17(10-15)14-22/h1-3,5-6,15-17H,4,7-14H2,(H,23,28)(H,24,26)(H,25,27). The highest BCUT2D eigenvalue weighted by Gasteiger charge is 2.54. The summed E-state index contributed by atoms with van der Waals surface area (Å²) >= 11 is 0. The predicted octanol–water partition coefficient (Wildman–Crippen LogP) is 2.56. The Balaban J connectivity index is 1.15. The first kappa shape index (κ1) is 19.0. The van der Waals surface area contributed by atoms with Gasteiger partial charge < -0.3 is 5.32 Å². The second kappa shape index (κ2) is 7.94. The maximum absolute atomic E-state index is 12.8. The summed E-state index contributed by atoms with van der Waals surface area (Å²) in [4.78, 5) is 36.6. The molecule has 3 N–H and O–H groups in total. The van der Waals surface area contributed by atoms with Gasteiger partial charge in [0.05, 0.1) is 0 Å². The molecule has 28 heavy (non-hydrogen) atoms. The van der Waals surface area contributed by atoms with E-state index in [9.17, 15) is 14.4 Å². The Morgan fingerprint density at radius 3 is 2.11 bits per heavy atom. The summed E-state index contributed by atoms with van der Waals surface area (Å²) in [6.07, 6.45) is 7.94. The number of benzene rings is 1. The first-order chi connectivity index (χ1) is 13.5. The summed E-state index contributed by atoms with van der Waals surface area (Å²) in [6, 6.07) is 8.72. The quantitative estimate of drug-likeness (QED) is 0.521. The van der Waals surface area contributed by atoms with Gasteiger partial charge in [0, 0.05) is 23.9 Å². The van der Waals surface area contributed by atoms with Crippen LogP contribution in [0.15, 0.2) is 30.3 Å². The maximum Gasteiger partial charge on any atom is 0.269 e. The normalized spacial score (nSPS) is 29.9. The zero-order chi connectivity index (χ0) is 19.6. The highest BCUT2D eigenvalue weighted by Crippen LogP contribution is 2.60. The summed E-state index contributed by atoms with van der Waals surface area (Å²) in [5.41, 5.74) is 5.19. The fourth-order valence-electron chi connectivity index (χ4n) is 5.88. The molecule has 0 heterocycles. The molecule has 4 saturated carbocycles. The van der Waals surface area contributed by atoms with E-state index < -0.39 is 0 Å². The van der Waals surface area contributed by atoms with Crippen molar-refractivity contribution in [3.8, 4) is 0 Å². The lowest BCUT2D eigenvalue weighted by Gasteiger charge is -2.55. The van der Waals surface area contributed by atoms with Crippen molar-refractivity contribution in [3.63, 3.8) is 0 Å². The van der Waals surface area contributed by atoms with Crippen LogP contribution in [0.4, 0.5) is 0 Å². The SMILES string of the molecule is O=C(CCCNC(=O)C12CC3CC(CC(C3)C1)C2)NNC(=O)c1ccccc1. The van der Waals surface area contributed by atoms with E-state index in [1.54, 1.807) is 24.3 Å². The number of rotatable bonds is 6. The van der Waals surface area contributed by atoms with Crippen LogP contribution in [0.5, 0.6) is 0 Å². The molecule has 1 aromatic rings. The smallest absolute Gasteiger partial charge is 0.269 e. The lowest BCUT2D eigenvalue weighted by Crippen LogP contribution is -2.53. The van der Waals surface area contributed by atoms with E-state index >= 15 is 0 Å². The van der Waals surface area contributed by atoms with E-state index in [4.69, 9.17) is 0 Å². The molecule has 6 nitrogen and oxygen atoms in total. The van der Waals surface area contributed by atoms with E-state index in [0.717, 1.165) is 37.0 Å². The van der Waals surface area contributed by atoms with E-state index in [-0.39, 0.29) is 29.6 Å². The average Bonchev–Trinajstić information content (AvgIpc) is 2.69. The molecule has 4 aliphatic carbocycles. The molecule has 0 unspecified atom stereocenters. The Morgan fingerprint density at radius 2 is 1.50 bits per heavy atom. The molecule has 0 radical (unpaired) electrons. The molecule has 4 aliphatic rings. The monoisotopic (exact) mass is 383 g/mol. The zero-order valence-electron chi connectivity index (χ0n) is 16.2. The number of hydrazine groups is 1. The topological polar surface area (TPSA) is 87.3 Å². The minimum atomic E-state index is -0.343. The van der Waals surface area contributed by atoms with E-state index in [1.165, 1.54) is 19.3 Å². The van der Waals surface area contributed by atoms with Crippen molar-refractivity contribution < 1.29 is 14.4 Å². The summed E-state index contributed by atoms with van der Waals surface area (Å²) in [7, 11) is 0. The van der Waals surface area contributed by atoms with Gasteiger partial charge in [-0.25, -0.2) is 0 Å². The molecule has 1 aromatic carbocycles. The van der Waals surface area contributed by atoms with Crippen LogP contribution in [0.1, 0.15) is 61.7 Å². The Kier molecular flexibility index (Phi) is 5.38. The molecule has 0 saturated heterocycles. The molecule has 3 amide bonds.